The molecule has 0 saturated heterocycles. The smallest absolute Gasteiger partial charge is 0.309 e. The molecule has 1 aliphatic rings. The molecule has 1 aromatic carbocycles. The Balaban J connectivity index is 1.99. The Kier molecular flexibility index (Phi) is 7.90. The maximum absolute atomic E-state index is 12.7. The van der Waals surface area contributed by atoms with Crippen molar-refractivity contribution in [3.63, 3.8) is 0 Å². The van der Waals surface area contributed by atoms with E-state index in [9.17, 15) is 9.59 Å². The quantitative estimate of drug-likeness (QED) is 0.589. The molecule has 0 amide bonds. The summed E-state index contributed by atoms with van der Waals surface area (Å²) in [7, 11) is 0. The van der Waals surface area contributed by atoms with Gasteiger partial charge in [-0.05, 0) is 58.6 Å². The lowest BCUT2D eigenvalue weighted by atomic mass is 9.96. The number of hydrogen-bond donors (Lipinski definition) is 0. The zero-order chi connectivity index (χ0) is 20.7. The van der Waals surface area contributed by atoms with Crippen LogP contribution in [0.3, 0.4) is 0 Å². The van der Waals surface area contributed by atoms with Crippen molar-refractivity contribution in [2.75, 3.05) is 0 Å². The normalized spacial score (nSPS) is 18.2. The highest BCUT2D eigenvalue weighted by Crippen LogP contribution is 2.32. The van der Waals surface area contributed by atoms with E-state index in [1.54, 1.807) is 6.92 Å². The average molecular weight is 391 g/mol. The van der Waals surface area contributed by atoms with E-state index in [4.69, 9.17) is 14.2 Å². The molecule has 1 fully saturated rings. The van der Waals surface area contributed by atoms with Crippen LogP contribution in [0.25, 0.3) is 0 Å². The highest BCUT2D eigenvalue weighted by molar-refractivity contribution is 5.80. The fraction of sp³-hybridized carbons (Fsp3) is 0.652. The van der Waals surface area contributed by atoms with Gasteiger partial charge < -0.3 is 14.2 Å². The molecule has 0 heterocycles. The number of esters is 2. The van der Waals surface area contributed by atoms with Crippen LogP contribution in [0.4, 0.5) is 0 Å². The van der Waals surface area contributed by atoms with Gasteiger partial charge in [0, 0.05) is 0 Å². The number of para-hydroxylation sites is 1. The van der Waals surface area contributed by atoms with Crippen molar-refractivity contribution >= 4 is 11.9 Å². The lowest BCUT2D eigenvalue weighted by Gasteiger charge is -2.30. The van der Waals surface area contributed by atoms with Gasteiger partial charge >= 0.3 is 11.9 Å². The SMILES string of the molecule is C[C@H](CC(=O)OC(C)(C)C)C(=O)O[C@H](C1CCCC1)[C@H](C)Oc1ccccc1. The first-order chi connectivity index (χ1) is 13.2. The van der Waals surface area contributed by atoms with E-state index in [0.29, 0.717) is 0 Å². The van der Waals surface area contributed by atoms with Gasteiger partial charge in [0.05, 0.1) is 12.3 Å². The molecule has 0 aromatic heterocycles. The van der Waals surface area contributed by atoms with Crippen molar-refractivity contribution in [3.05, 3.63) is 30.3 Å². The van der Waals surface area contributed by atoms with Crippen LogP contribution in [0.15, 0.2) is 30.3 Å². The molecule has 5 nitrogen and oxygen atoms in total. The van der Waals surface area contributed by atoms with Crippen LogP contribution < -0.4 is 4.74 Å². The van der Waals surface area contributed by atoms with E-state index in [1.165, 1.54) is 0 Å². The van der Waals surface area contributed by atoms with Crippen molar-refractivity contribution in [1.82, 2.24) is 0 Å². The molecule has 0 aliphatic heterocycles. The maximum Gasteiger partial charge on any atom is 0.309 e. The van der Waals surface area contributed by atoms with E-state index in [2.05, 4.69) is 0 Å². The predicted octanol–water partition coefficient (Wildman–Crippen LogP) is 4.92. The Morgan fingerprint density at radius 3 is 2.25 bits per heavy atom. The number of hydrogen-bond acceptors (Lipinski definition) is 5. The van der Waals surface area contributed by atoms with Crippen molar-refractivity contribution in [3.8, 4) is 5.75 Å². The zero-order valence-electron chi connectivity index (χ0n) is 17.8. The Morgan fingerprint density at radius 2 is 1.68 bits per heavy atom. The van der Waals surface area contributed by atoms with Gasteiger partial charge in [-0.1, -0.05) is 38.0 Å². The summed E-state index contributed by atoms with van der Waals surface area (Å²) in [6, 6.07) is 9.57. The summed E-state index contributed by atoms with van der Waals surface area (Å²) in [5, 5.41) is 0. The second kappa shape index (κ2) is 9.94. The largest absolute Gasteiger partial charge is 0.487 e. The Hall–Kier alpha value is -2.04. The number of benzene rings is 1. The summed E-state index contributed by atoms with van der Waals surface area (Å²) >= 11 is 0. The minimum Gasteiger partial charge on any atom is -0.487 e. The number of carbonyl (C=O) groups is 2. The van der Waals surface area contributed by atoms with Crippen molar-refractivity contribution in [2.45, 2.75) is 84.5 Å². The summed E-state index contributed by atoms with van der Waals surface area (Å²) in [5.41, 5.74) is -0.564. The highest BCUT2D eigenvalue weighted by Gasteiger charge is 2.35. The third-order valence-electron chi connectivity index (χ3n) is 4.94. The predicted molar refractivity (Wildman–Crippen MR) is 108 cm³/mol. The molecule has 0 unspecified atom stereocenters. The van der Waals surface area contributed by atoms with Crippen LogP contribution in [0, 0.1) is 11.8 Å². The fourth-order valence-electron chi connectivity index (χ4n) is 3.61. The van der Waals surface area contributed by atoms with Crippen molar-refractivity contribution in [1.29, 1.82) is 0 Å². The van der Waals surface area contributed by atoms with Gasteiger partial charge in [-0.2, -0.15) is 0 Å². The van der Waals surface area contributed by atoms with Crippen LogP contribution >= 0.6 is 0 Å². The Labute approximate surface area is 168 Å². The zero-order valence-corrected chi connectivity index (χ0v) is 17.8. The molecule has 28 heavy (non-hydrogen) atoms. The minimum absolute atomic E-state index is 0.0153. The van der Waals surface area contributed by atoms with Gasteiger partial charge in [-0.25, -0.2) is 0 Å². The van der Waals surface area contributed by atoms with Crippen LogP contribution in [0.1, 0.15) is 66.7 Å². The lowest BCUT2D eigenvalue weighted by molar-refractivity contribution is -0.168. The standard InChI is InChI=1S/C23H34O5/c1-16(15-20(24)28-23(3,4)5)22(25)27-21(18-11-9-10-12-18)17(2)26-19-13-7-6-8-14-19/h6-8,13-14,16-18,21H,9-12,15H2,1-5H3/t16-,17+,21+/m1/s1. The molecule has 1 aliphatic carbocycles. The molecule has 0 spiro atoms. The molecule has 1 aromatic rings. The molecule has 5 heteroatoms. The molecular weight excluding hydrogens is 356 g/mol. The van der Waals surface area contributed by atoms with E-state index in [0.717, 1.165) is 31.4 Å². The van der Waals surface area contributed by atoms with E-state index >= 15 is 0 Å². The highest BCUT2D eigenvalue weighted by atomic mass is 16.6. The third-order valence-corrected chi connectivity index (χ3v) is 4.94. The second-order valence-corrected chi connectivity index (χ2v) is 8.77. The molecule has 2 rings (SSSR count). The van der Waals surface area contributed by atoms with Crippen LogP contribution in [-0.2, 0) is 19.1 Å². The van der Waals surface area contributed by atoms with Gasteiger partial charge in [-0.15, -0.1) is 0 Å². The van der Waals surface area contributed by atoms with Gasteiger partial charge in [0.2, 0.25) is 0 Å². The van der Waals surface area contributed by atoms with E-state index in [1.807, 2.05) is 58.0 Å². The number of rotatable bonds is 8. The van der Waals surface area contributed by atoms with Crippen LogP contribution in [0.2, 0.25) is 0 Å². The summed E-state index contributed by atoms with van der Waals surface area (Å²) in [4.78, 5) is 24.7. The fourth-order valence-corrected chi connectivity index (χ4v) is 3.61. The van der Waals surface area contributed by atoms with Crippen molar-refractivity contribution in [2.24, 2.45) is 11.8 Å². The minimum atomic E-state index is -0.564. The number of ether oxygens (including phenoxy) is 3. The second-order valence-electron chi connectivity index (χ2n) is 8.77. The molecule has 0 bridgehead atoms. The van der Waals surface area contributed by atoms with Crippen LogP contribution in [-0.4, -0.2) is 29.7 Å². The first kappa shape index (κ1) is 22.3. The molecular formula is C23H34O5. The lowest BCUT2D eigenvalue weighted by Crippen LogP contribution is -2.40. The monoisotopic (exact) mass is 390 g/mol. The summed E-state index contributed by atoms with van der Waals surface area (Å²) in [5.74, 6) is -0.260. The summed E-state index contributed by atoms with van der Waals surface area (Å²) in [6.45, 7) is 9.09. The first-order valence-corrected chi connectivity index (χ1v) is 10.3. The van der Waals surface area contributed by atoms with E-state index < -0.39 is 11.5 Å². The molecule has 1 saturated carbocycles. The average Bonchev–Trinajstić information content (AvgIpc) is 3.12. The van der Waals surface area contributed by atoms with Gasteiger partial charge in [0.1, 0.15) is 23.6 Å². The molecule has 0 N–H and O–H groups in total. The topological polar surface area (TPSA) is 61.8 Å². The van der Waals surface area contributed by atoms with E-state index in [-0.39, 0.29) is 36.5 Å². The summed E-state index contributed by atoms with van der Waals surface area (Å²) < 4.78 is 17.3. The van der Waals surface area contributed by atoms with Gasteiger partial charge in [0.15, 0.2) is 0 Å². The molecule has 3 atom stereocenters. The Morgan fingerprint density at radius 1 is 1.07 bits per heavy atom. The maximum atomic E-state index is 12.7. The summed E-state index contributed by atoms with van der Waals surface area (Å²) in [6.07, 6.45) is 3.77. The Bertz CT molecular complexity index is 628. The first-order valence-electron chi connectivity index (χ1n) is 10.3. The third kappa shape index (κ3) is 7.17. The molecule has 0 radical (unpaired) electrons. The number of carbonyl (C=O) groups excluding carboxylic acids is 2. The van der Waals surface area contributed by atoms with Gasteiger partial charge in [-0.3, -0.25) is 9.59 Å². The molecule has 156 valence electrons. The van der Waals surface area contributed by atoms with Gasteiger partial charge in [0.25, 0.3) is 0 Å². The van der Waals surface area contributed by atoms with Crippen LogP contribution in [0.5, 0.6) is 5.75 Å². The van der Waals surface area contributed by atoms with Crippen molar-refractivity contribution < 1.29 is 23.8 Å².